The number of aliphatic hydroxyl groups is 1. The fourth-order valence-corrected chi connectivity index (χ4v) is 2.05. The fraction of sp³-hybridized carbons (Fsp3) is 0.500. The van der Waals surface area contributed by atoms with Crippen molar-refractivity contribution in [3.8, 4) is 0 Å². The van der Waals surface area contributed by atoms with Crippen LogP contribution in [0.3, 0.4) is 0 Å². The number of carbonyl (C=O) groups excluding carboxylic acids is 1. The molecule has 3 N–H and O–H groups in total. The number of amides is 1. The summed E-state index contributed by atoms with van der Waals surface area (Å²) < 4.78 is 0. The summed E-state index contributed by atoms with van der Waals surface area (Å²) in [5.74, 6) is -1.55. The zero-order valence-electron chi connectivity index (χ0n) is 12.7. The smallest absolute Gasteiger partial charge is 0.328 e. The Kier molecular flexibility index (Phi) is 6.37. The number of aliphatic hydroxyl groups excluding tert-OH is 1. The lowest BCUT2D eigenvalue weighted by Crippen LogP contribution is -2.44. The van der Waals surface area contributed by atoms with Crippen molar-refractivity contribution in [3.63, 3.8) is 0 Å². The van der Waals surface area contributed by atoms with E-state index in [1.807, 2.05) is 24.3 Å². The summed E-state index contributed by atoms with van der Waals surface area (Å²) in [7, 11) is 0. The lowest BCUT2D eigenvalue weighted by Gasteiger charge is -2.17. The number of carboxylic acid groups (broad SMARTS) is 1. The molecule has 0 saturated carbocycles. The van der Waals surface area contributed by atoms with E-state index >= 15 is 0 Å². The Hall–Kier alpha value is -1.88. The molecule has 0 saturated heterocycles. The topological polar surface area (TPSA) is 86.6 Å². The quantitative estimate of drug-likeness (QED) is 0.712. The highest BCUT2D eigenvalue weighted by molar-refractivity contribution is 5.87. The number of carboxylic acids is 1. The minimum absolute atomic E-state index is 0.409. The van der Waals surface area contributed by atoms with E-state index in [0.29, 0.717) is 5.92 Å². The molecule has 0 aliphatic heterocycles. The Labute approximate surface area is 125 Å². The molecule has 0 radical (unpaired) electrons. The molecule has 2 atom stereocenters. The summed E-state index contributed by atoms with van der Waals surface area (Å²) in [6, 6.07) is 6.48. The molecule has 0 unspecified atom stereocenters. The standard InChI is InChI=1S/C16H23NO4/c1-10(2)8-12-4-6-13(7-5-12)11(3)15(19)17-14(9-18)16(20)21/h4-7,10-11,14,18H,8-9H2,1-3H3,(H,17,19)(H,20,21)/t11-,14+/m1/s1. The molecule has 116 valence electrons. The van der Waals surface area contributed by atoms with Crippen LogP contribution in [0.5, 0.6) is 0 Å². The Balaban J connectivity index is 2.71. The van der Waals surface area contributed by atoms with Crippen LogP contribution in [0.1, 0.15) is 37.8 Å². The second-order valence-corrected chi connectivity index (χ2v) is 5.64. The minimum atomic E-state index is -1.26. The van der Waals surface area contributed by atoms with Gasteiger partial charge in [-0.25, -0.2) is 4.79 Å². The number of aliphatic carboxylic acids is 1. The van der Waals surface area contributed by atoms with Crippen LogP contribution in [-0.4, -0.2) is 34.7 Å². The van der Waals surface area contributed by atoms with E-state index in [4.69, 9.17) is 10.2 Å². The number of carbonyl (C=O) groups is 2. The van der Waals surface area contributed by atoms with Gasteiger partial charge in [-0.3, -0.25) is 4.79 Å². The first-order valence-electron chi connectivity index (χ1n) is 7.08. The van der Waals surface area contributed by atoms with Crippen molar-refractivity contribution in [2.75, 3.05) is 6.61 Å². The summed E-state index contributed by atoms with van der Waals surface area (Å²) in [6.45, 7) is 5.38. The molecule has 0 spiro atoms. The zero-order valence-corrected chi connectivity index (χ0v) is 12.7. The first-order chi connectivity index (χ1) is 9.85. The number of hydrogen-bond acceptors (Lipinski definition) is 3. The number of hydrogen-bond donors (Lipinski definition) is 3. The molecule has 0 fully saturated rings. The van der Waals surface area contributed by atoms with Gasteiger partial charge in [-0.2, -0.15) is 0 Å². The van der Waals surface area contributed by atoms with Gasteiger partial charge >= 0.3 is 5.97 Å². The van der Waals surface area contributed by atoms with Crippen LogP contribution in [-0.2, 0) is 16.0 Å². The maximum Gasteiger partial charge on any atom is 0.328 e. The molecule has 1 rings (SSSR count). The van der Waals surface area contributed by atoms with Crippen LogP contribution < -0.4 is 5.32 Å². The highest BCUT2D eigenvalue weighted by Gasteiger charge is 2.22. The van der Waals surface area contributed by atoms with E-state index < -0.39 is 30.4 Å². The predicted octanol–water partition coefficient (Wildman–Crippen LogP) is 1.55. The molecule has 0 aliphatic carbocycles. The minimum Gasteiger partial charge on any atom is -0.480 e. The van der Waals surface area contributed by atoms with Gasteiger partial charge in [0.25, 0.3) is 0 Å². The first kappa shape index (κ1) is 17.2. The van der Waals surface area contributed by atoms with E-state index in [-0.39, 0.29) is 0 Å². The van der Waals surface area contributed by atoms with E-state index in [0.717, 1.165) is 12.0 Å². The second kappa shape index (κ2) is 7.78. The van der Waals surface area contributed by atoms with Gasteiger partial charge < -0.3 is 15.5 Å². The van der Waals surface area contributed by atoms with Crippen LogP contribution in [0.25, 0.3) is 0 Å². The zero-order chi connectivity index (χ0) is 16.0. The molecule has 0 aromatic heterocycles. The first-order valence-corrected chi connectivity index (χ1v) is 7.08. The fourth-order valence-electron chi connectivity index (χ4n) is 2.05. The van der Waals surface area contributed by atoms with Crippen molar-refractivity contribution < 1.29 is 19.8 Å². The Morgan fingerprint density at radius 3 is 2.14 bits per heavy atom. The molecule has 1 amide bonds. The van der Waals surface area contributed by atoms with E-state index in [1.54, 1.807) is 6.92 Å². The van der Waals surface area contributed by atoms with Crippen LogP contribution in [0.15, 0.2) is 24.3 Å². The van der Waals surface area contributed by atoms with Gasteiger partial charge in [0.1, 0.15) is 6.04 Å². The Bertz CT molecular complexity index is 482. The van der Waals surface area contributed by atoms with E-state index in [9.17, 15) is 9.59 Å². The van der Waals surface area contributed by atoms with E-state index in [1.165, 1.54) is 5.56 Å². The molecular weight excluding hydrogens is 270 g/mol. The highest BCUT2D eigenvalue weighted by atomic mass is 16.4. The van der Waals surface area contributed by atoms with Gasteiger partial charge in [0.05, 0.1) is 12.5 Å². The van der Waals surface area contributed by atoms with Crippen LogP contribution in [0.4, 0.5) is 0 Å². The molecule has 0 heterocycles. The average molecular weight is 293 g/mol. The molecule has 5 nitrogen and oxygen atoms in total. The number of nitrogens with one attached hydrogen (secondary N) is 1. The monoisotopic (exact) mass is 293 g/mol. The maximum absolute atomic E-state index is 12.0. The summed E-state index contributed by atoms with van der Waals surface area (Å²) in [5.41, 5.74) is 2.03. The van der Waals surface area contributed by atoms with Crippen LogP contribution >= 0.6 is 0 Å². The average Bonchev–Trinajstić information content (AvgIpc) is 2.43. The number of rotatable bonds is 7. The number of benzene rings is 1. The van der Waals surface area contributed by atoms with Crippen molar-refractivity contribution in [1.82, 2.24) is 5.32 Å². The van der Waals surface area contributed by atoms with Crippen LogP contribution in [0, 0.1) is 5.92 Å². The molecule has 1 aromatic carbocycles. The Morgan fingerprint density at radius 2 is 1.71 bits per heavy atom. The maximum atomic E-state index is 12.0. The SMILES string of the molecule is CC(C)Cc1ccc([C@@H](C)C(=O)N[C@@H](CO)C(=O)O)cc1. The molecular formula is C16H23NO4. The molecule has 21 heavy (non-hydrogen) atoms. The third-order valence-corrected chi connectivity index (χ3v) is 3.31. The van der Waals surface area contributed by atoms with Gasteiger partial charge in [0.2, 0.25) is 5.91 Å². The summed E-state index contributed by atoms with van der Waals surface area (Å²) >= 11 is 0. The Morgan fingerprint density at radius 1 is 1.14 bits per heavy atom. The van der Waals surface area contributed by atoms with Gasteiger partial charge in [0, 0.05) is 0 Å². The molecule has 1 aromatic rings. The predicted molar refractivity (Wildman–Crippen MR) is 80.1 cm³/mol. The summed E-state index contributed by atoms with van der Waals surface area (Å²) in [4.78, 5) is 22.8. The summed E-state index contributed by atoms with van der Waals surface area (Å²) in [5, 5.41) is 20.1. The van der Waals surface area contributed by atoms with Gasteiger partial charge in [-0.05, 0) is 30.4 Å². The summed E-state index contributed by atoms with van der Waals surface area (Å²) in [6.07, 6.45) is 0.979. The molecule has 5 heteroatoms. The van der Waals surface area contributed by atoms with Crippen molar-refractivity contribution in [3.05, 3.63) is 35.4 Å². The van der Waals surface area contributed by atoms with E-state index in [2.05, 4.69) is 19.2 Å². The lowest BCUT2D eigenvalue weighted by atomic mass is 9.96. The van der Waals surface area contributed by atoms with Gasteiger partial charge in [-0.15, -0.1) is 0 Å². The van der Waals surface area contributed by atoms with Gasteiger partial charge in [-0.1, -0.05) is 38.1 Å². The third kappa shape index (κ3) is 5.19. The van der Waals surface area contributed by atoms with Crippen molar-refractivity contribution in [2.24, 2.45) is 5.92 Å². The highest BCUT2D eigenvalue weighted by Crippen LogP contribution is 2.17. The molecule has 0 bridgehead atoms. The van der Waals surface area contributed by atoms with Crippen molar-refractivity contribution >= 4 is 11.9 Å². The third-order valence-electron chi connectivity index (χ3n) is 3.31. The van der Waals surface area contributed by atoms with Crippen molar-refractivity contribution in [2.45, 2.75) is 39.2 Å². The largest absolute Gasteiger partial charge is 0.480 e. The van der Waals surface area contributed by atoms with Crippen molar-refractivity contribution in [1.29, 1.82) is 0 Å². The lowest BCUT2D eigenvalue weighted by molar-refractivity contribution is -0.143. The normalized spacial score (nSPS) is 13.8. The molecule has 0 aliphatic rings. The van der Waals surface area contributed by atoms with Crippen LogP contribution in [0.2, 0.25) is 0 Å². The van der Waals surface area contributed by atoms with Gasteiger partial charge in [0.15, 0.2) is 0 Å². The second-order valence-electron chi connectivity index (χ2n) is 5.64.